The molecule has 0 aliphatic carbocycles. The summed E-state index contributed by atoms with van der Waals surface area (Å²) in [5.41, 5.74) is 0.0950. The number of amides is 2. The van der Waals surface area contributed by atoms with Crippen LogP contribution in [0.25, 0.3) is 0 Å². The normalized spacial score (nSPS) is 30.8. The highest BCUT2D eigenvalue weighted by Crippen LogP contribution is 2.50. The summed E-state index contributed by atoms with van der Waals surface area (Å²) < 4.78 is 18.5. The van der Waals surface area contributed by atoms with E-state index >= 15 is 0 Å². The minimum absolute atomic E-state index is 0.00677. The Morgan fingerprint density at radius 3 is 1.24 bits per heavy atom. The van der Waals surface area contributed by atoms with Crippen molar-refractivity contribution in [3.05, 3.63) is 0 Å². The number of Topliss-reactive ketones (excluding diaryl/α,β-unsaturated/α-hetero) is 1. The van der Waals surface area contributed by atoms with Gasteiger partial charge in [0.2, 0.25) is 0 Å². The quantitative estimate of drug-likeness (QED) is 0.0728. The second-order valence-electron chi connectivity index (χ2n) is 21.6. The van der Waals surface area contributed by atoms with E-state index in [1.54, 1.807) is 0 Å². The molecule has 0 aromatic carbocycles. The molecule has 0 saturated carbocycles. The lowest BCUT2D eigenvalue weighted by molar-refractivity contribution is -0.197. The highest BCUT2D eigenvalue weighted by atomic mass is 32.2. The number of carboxylic acids is 2. The van der Waals surface area contributed by atoms with Crippen LogP contribution in [-0.2, 0) is 47.8 Å². The van der Waals surface area contributed by atoms with Crippen LogP contribution in [-0.4, -0.2) is 119 Å². The second-order valence-corrected chi connectivity index (χ2v) is 25.4. The van der Waals surface area contributed by atoms with Crippen molar-refractivity contribution in [3.63, 3.8) is 0 Å². The van der Waals surface area contributed by atoms with Gasteiger partial charge < -0.3 is 29.3 Å². The molecule has 9 atom stereocenters. The molecule has 7 aliphatic heterocycles. The predicted octanol–water partition coefficient (Wildman–Crippen LogP) is 10.2. The lowest BCUT2D eigenvalue weighted by atomic mass is 9.93. The van der Waals surface area contributed by atoms with Crippen molar-refractivity contribution in [2.45, 2.75) is 240 Å². The number of hydroxylamine groups is 2. The Kier molecular flexibility index (Phi) is 21.6. The summed E-state index contributed by atoms with van der Waals surface area (Å²) in [7, 11) is 0. The zero-order valence-corrected chi connectivity index (χ0v) is 43.2. The lowest BCUT2D eigenvalue weighted by Gasteiger charge is -2.23. The van der Waals surface area contributed by atoms with Gasteiger partial charge in [-0.25, -0.2) is 4.79 Å². The number of unbranched alkanes of at least 4 members (excludes halogenated alkanes) is 6. The third-order valence-corrected chi connectivity index (χ3v) is 18.6. The molecule has 7 heterocycles. The van der Waals surface area contributed by atoms with Gasteiger partial charge in [0.15, 0.2) is 0 Å². The number of carbonyl (C=O) groups excluding carboxylic acids is 4. The van der Waals surface area contributed by atoms with Gasteiger partial charge in [0.1, 0.15) is 5.78 Å². The molecule has 0 aromatic heterocycles. The fraction of sp³-hybridized carbons (Fsp3) is 0.880. The first kappa shape index (κ1) is 55.1. The molecule has 7 rings (SSSR count). The van der Waals surface area contributed by atoms with Gasteiger partial charge in [-0.05, 0) is 147 Å². The minimum Gasteiger partial charge on any atom is -0.481 e. The minimum atomic E-state index is -0.727. The number of carboxylic acid groups (broad SMARTS) is 2. The van der Waals surface area contributed by atoms with E-state index in [1.807, 2.05) is 23.5 Å². The number of fused-ring (bicyclic) bond motifs is 3. The zero-order chi connectivity index (χ0) is 48.1. The van der Waals surface area contributed by atoms with Crippen molar-refractivity contribution < 1.29 is 58.0 Å². The Balaban J connectivity index is 0.000000189. The fourth-order valence-corrected chi connectivity index (χ4v) is 15.7. The van der Waals surface area contributed by atoms with E-state index in [0.29, 0.717) is 76.5 Å². The molecule has 376 valence electrons. The summed E-state index contributed by atoms with van der Waals surface area (Å²) in [6.07, 6.45) is 19.4. The average molecular weight is 984 g/mol. The molecule has 0 radical (unpaired) electrons. The number of ketones is 1. The van der Waals surface area contributed by atoms with Crippen molar-refractivity contribution >= 4 is 70.8 Å². The maximum absolute atomic E-state index is 11.9. The third-order valence-electron chi connectivity index (χ3n) is 13.9. The molecule has 66 heavy (non-hydrogen) atoms. The van der Waals surface area contributed by atoms with Crippen LogP contribution in [0.3, 0.4) is 0 Å². The largest absolute Gasteiger partial charge is 0.481 e. The van der Waals surface area contributed by atoms with Crippen LogP contribution in [0.2, 0.25) is 0 Å². The summed E-state index contributed by atoms with van der Waals surface area (Å²) in [6.45, 7) is 13.1. The summed E-state index contributed by atoms with van der Waals surface area (Å²) in [6, 6.07) is 0. The van der Waals surface area contributed by atoms with E-state index in [1.165, 1.54) is 36.5 Å². The average Bonchev–Trinajstić information content (AvgIpc) is 4.10. The molecule has 2 amide bonds. The van der Waals surface area contributed by atoms with Gasteiger partial charge in [-0.3, -0.25) is 24.0 Å². The summed E-state index contributed by atoms with van der Waals surface area (Å²) >= 11 is 6.07. The molecule has 7 fully saturated rings. The van der Waals surface area contributed by atoms with Crippen molar-refractivity contribution in [3.8, 4) is 0 Å². The van der Waals surface area contributed by atoms with Crippen LogP contribution in [0.1, 0.15) is 189 Å². The molecule has 0 unspecified atom stereocenters. The molecule has 0 bridgehead atoms. The van der Waals surface area contributed by atoms with Crippen LogP contribution in [0.15, 0.2) is 0 Å². The maximum Gasteiger partial charge on any atom is 0.333 e. The Hall–Kier alpha value is -1.85. The number of hydrogen-bond donors (Lipinski definition) is 2. The number of carbonyl (C=O) groups is 6. The molecule has 16 heteroatoms. The number of thioether (sulfide) groups is 3. The highest BCUT2D eigenvalue weighted by Gasteiger charge is 2.50. The van der Waals surface area contributed by atoms with Gasteiger partial charge in [0.05, 0.1) is 35.1 Å². The highest BCUT2D eigenvalue weighted by molar-refractivity contribution is 8.00. The zero-order valence-electron chi connectivity index (χ0n) is 40.7. The Labute approximate surface area is 407 Å². The molecular formula is C50H81NO12S3. The first-order valence-electron chi connectivity index (χ1n) is 25.1. The summed E-state index contributed by atoms with van der Waals surface area (Å²) in [4.78, 5) is 72.2. The number of ether oxygens (including phenoxy) is 3. The first-order valence-corrected chi connectivity index (χ1v) is 28.3. The summed E-state index contributed by atoms with van der Waals surface area (Å²) in [5, 5.41) is 19.5. The van der Waals surface area contributed by atoms with Gasteiger partial charge in [-0.1, -0.05) is 32.1 Å². The maximum atomic E-state index is 11.9. The molecule has 2 N–H and O–H groups in total. The Morgan fingerprint density at radius 2 is 0.864 bits per heavy atom. The van der Waals surface area contributed by atoms with Gasteiger partial charge >= 0.3 is 17.9 Å². The van der Waals surface area contributed by atoms with E-state index in [4.69, 9.17) is 29.3 Å². The first-order chi connectivity index (χ1) is 31.2. The van der Waals surface area contributed by atoms with Crippen molar-refractivity contribution in [2.75, 3.05) is 17.3 Å². The Bertz CT molecular complexity index is 1620. The molecule has 7 saturated heterocycles. The van der Waals surface area contributed by atoms with E-state index in [0.717, 1.165) is 88.9 Å². The van der Waals surface area contributed by atoms with E-state index in [9.17, 15) is 28.8 Å². The van der Waals surface area contributed by atoms with Crippen LogP contribution < -0.4 is 0 Å². The predicted molar refractivity (Wildman–Crippen MR) is 260 cm³/mol. The lowest BCUT2D eigenvalue weighted by Crippen LogP contribution is -2.32. The molecule has 13 nitrogen and oxygen atoms in total. The van der Waals surface area contributed by atoms with Crippen molar-refractivity contribution in [2.24, 2.45) is 17.8 Å². The van der Waals surface area contributed by atoms with Crippen LogP contribution in [0.4, 0.5) is 0 Å². The molecular weight excluding hydrogens is 903 g/mol. The molecule has 0 spiro atoms. The second kappa shape index (κ2) is 25.8. The number of aliphatic carboxylic acids is 2. The van der Waals surface area contributed by atoms with Crippen LogP contribution in [0.5, 0.6) is 0 Å². The number of imide groups is 1. The number of rotatable bonds is 23. The van der Waals surface area contributed by atoms with Gasteiger partial charge in [0.25, 0.3) is 11.8 Å². The number of hydrogen-bond acceptors (Lipinski definition) is 13. The van der Waals surface area contributed by atoms with Gasteiger partial charge in [0, 0.05) is 60.7 Å². The van der Waals surface area contributed by atoms with E-state index < -0.39 is 29.7 Å². The smallest absolute Gasteiger partial charge is 0.333 e. The third kappa shape index (κ3) is 17.8. The Morgan fingerprint density at radius 1 is 0.530 bits per heavy atom. The van der Waals surface area contributed by atoms with Crippen LogP contribution >= 0.6 is 35.3 Å². The standard InChI is InChI=1S/C20H34O4S.C17H25NO5S.C13H22O3S/c1-20(2)13-15-14-25-17(19(15)24-20)11-8-7-10-16(21)9-5-3-4-6-12-18(22)23;1-17(2)9-11-10-24-12(16(11)22-17)5-3-4-6-15(21)23-18-13(19)7-8-14(18)20;1-13(2)7-9-8-17-10(12(9)16-13)5-3-4-6-11(14)15/h15,17,19H,3-14H2,1-2H3,(H,22,23);11-12,16H,3-10H2,1-2H3;9-10,12H,3-8H2,1-2H3,(H,14,15)/t15-,17-,19-;11-,12-,16-;9-,10-,12-/m000/s1. The number of nitrogens with zero attached hydrogens (tertiary/aromatic N) is 1. The van der Waals surface area contributed by atoms with Crippen molar-refractivity contribution in [1.29, 1.82) is 0 Å². The summed E-state index contributed by atoms with van der Waals surface area (Å²) in [5.74, 6) is 3.33. The van der Waals surface area contributed by atoms with Gasteiger partial charge in [-0.2, -0.15) is 35.3 Å². The molecule has 0 aromatic rings. The van der Waals surface area contributed by atoms with Gasteiger partial charge in [-0.15, -0.1) is 5.06 Å². The van der Waals surface area contributed by atoms with E-state index in [-0.39, 0.29) is 42.5 Å². The SMILES string of the molecule is CC1(C)C[C@H]2CS[C@@H](CCCCC(=O)CCCCCCC(=O)O)[C@H]2O1.CC1(C)C[C@H]2CS[C@@H](CCCCC(=O)O)[C@H]2O1.CC1(C)C[C@H]2CS[C@@H](CCCCC(=O)ON3C(=O)CCC3=O)[C@H]2O1. The molecule has 7 aliphatic rings. The monoisotopic (exact) mass is 983 g/mol. The topological polar surface area (TPSA) is 183 Å². The van der Waals surface area contributed by atoms with Crippen LogP contribution in [0, 0.1) is 17.8 Å². The van der Waals surface area contributed by atoms with Crippen molar-refractivity contribution in [1.82, 2.24) is 5.06 Å². The van der Waals surface area contributed by atoms with E-state index in [2.05, 4.69) is 53.3 Å². The fourth-order valence-electron chi connectivity index (χ4n) is 10.9.